The van der Waals surface area contributed by atoms with Crippen LogP contribution in [0.3, 0.4) is 0 Å². The molecule has 2 nitrogen and oxygen atoms in total. The predicted molar refractivity (Wildman–Crippen MR) is 86.0 cm³/mol. The van der Waals surface area contributed by atoms with Gasteiger partial charge in [0.15, 0.2) is 0 Å². The highest BCUT2D eigenvalue weighted by atomic mass is 16.5. The molecular weight excluding hydrogens is 246 g/mol. The van der Waals surface area contributed by atoms with Gasteiger partial charge in [0, 0.05) is 12.6 Å². The third-order valence-electron chi connectivity index (χ3n) is 5.71. The first kappa shape index (κ1) is 16.3. The second-order valence-electron chi connectivity index (χ2n) is 7.30. The first-order chi connectivity index (χ1) is 9.70. The van der Waals surface area contributed by atoms with Crippen molar-refractivity contribution in [1.29, 1.82) is 0 Å². The number of hydrogen-bond acceptors (Lipinski definition) is 2. The molecule has 0 spiro atoms. The van der Waals surface area contributed by atoms with Crippen LogP contribution in [0.4, 0.5) is 0 Å². The molecule has 0 aromatic rings. The van der Waals surface area contributed by atoms with Crippen molar-refractivity contribution in [3.63, 3.8) is 0 Å². The van der Waals surface area contributed by atoms with E-state index in [1.54, 1.807) is 0 Å². The summed E-state index contributed by atoms with van der Waals surface area (Å²) in [6.45, 7) is 9.21. The van der Waals surface area contributed by atoms with Crippen molar-refractivity contribution in [2.45, 2.75) is 84.3 Å². The second-order valence-corrected chi connectivity index (χ2v) is 7.30. The van der Waals surface area contributed by atoms with Gasteiger partial charge >= 0.3 is 0 Å². The zero-order valence-electron chi connectivity index (χ0n) is 13.9. The molecule has 5 unspecified atom stereocenters. The summed E-state index contributed by atoms with van der Waals surface area (Å²) in [4.78, 5) is 0. The number of hydrogen-bond donors (Lipinski definition) is 1. The highest BCUT2D eigenvalue weighted by molar-refractivity contribution is 4.83. The molecule has 2 rings (SSSR count). The van der Waals surface area contributed by atoms with Crippen LogP contribution in [-0.2, 0) is 4.74 Å². The maximum Gasteiger partial charge on any atom is 0.0577 e. The van der Waals surface area contributed by atoms with Crippen LogP contribution in [0.25, 0.3) is 0 Å². The molecule has 118 valence electrons. The summed E-state index contributed by atoms with van der Waals surface area (Å²) in [5.74, 6) is 2.60. The molecule has 5 atom stereocenters. The molecule has 0 heterocycles. The molecule has 20 heavy (non-hydrogen) atoms. The van der Waals surface area contributed by atoms with E-state index in [-0.39, 0.29) is 0 Å². The molecule has 0 saturated heterocycles. The molecule has 2 aliphatic rings. The molecule has 1 N–H and O–H groups in total. The van der Waals surface area contributed by atoms with Crippen LogP contribution in [0.1, 0.15) is 72.1 Å². The smallest absolute Gasteiger partial charge is 0.0577 e. The van der Waals surface area contributed by atoms with Crippen molar-refractivity contribution in [3.05, 3.63) is 0 Å². The van der Waals surface area contributed by atoms with Crippen molar-refractivity contribution in [1.82, 2.24) is 5.32 Å². The fourth-order valence-electron chi connectivity index (χ4n) is 4.02. The van der Waals surface area contributed by atoms with Gasteiger partial charge in [-0.15, -0.1) is 0 Å². The predicted octanol–water partition coefficient (Wildman–Crippen LogP) is 4.39. The average molecular weight is 281 g/mol. The summed E-state index contributed by atoms with van der Waals surface area (Å²) in [5, 5.41) is 3.73. The zero-order valence-corrected chi connectivity index (χ0v) is 13.9. The molecule has 2 saturated carbocycles. The van der Waals surface area contributed by atoms with Crippen LogP contribution >= 0.6 is 0 Å². The van der Waals surface area contributed by atoms with E-state index in [9.17, 15) is 0 Å². The van der Waals surface area contributed by atoms with E-state index in [1.165, 1.54) is 57.9 Å². The first-order valence-electron chi connectivity index (χ1n) is 9.05. The van der Waals surface area contributed by atoms with Crippen LogP contribution in [0.2, 0.25) is 0 Å². The minimum Gasteiger partial charge on any atom is -0.378 e. The summed E-state index contributed by atoms with van der Waals surface area (Å²) in [6.07, 6.45) is 11.2. The van der Waals surface area contributed by atoms with E-state index in [0.717, 1.165) is 30.4 Å². The molecular formula is C18H35NO. The molecule has 0 bridgehead atoms. The van der Waals surface area contributed by atoms with Crippen molar-refractivity contribution in [3.8, 4) is 0 Å². The Morgan fingerprint density at radius 1 is 1.05 bits per heavy atom. The van der Waals surface area contributed by atoms with Gasteiger partial charge in [0.25, 0.3) is 0 Å². The van der Waals surface area contributed by atoms with Crippen LogP contribution in [0.15, 0.2) is 0 Å². The van der Waals surface area contributed by atoms with Crippen molar-refractivity contribution in [2.24, 2.45) is 17.8 Å². The molecule has 0 aromatic heterocycles. The largest absolute Gasteiger partial charge is 0.378 e. The minimum atomic E-state index is 0.546. The Hall–Kier alpha value is -0.0800. The molecule has 2 fully saturated rings. The van der Waals surface area contributed by atoms with Gasteiger partial charge in [-0.2, -0.15) is 0 Å². The van der Waals surface area contributed by atoms with Crippen LogP contribution in [-0.4, -0.2) is 25.3 Å². The SMILES string of the molecule is CCCNC1CCCC1CCOC1CCC(C)C(C)C1. The fraction of sp³-hybridized carbons (Fsp3) is 1.00. The Bertz CT molecular complexity index is 268. The zero-order chi connectivity index (χ0) is 14.4. The van der Waals surface area contributed by atoms with Gasteiger partial charge in [-0.3, -0.25) is 0 Å². The lowest BCUT2D eigenvalue weighted by Gasteiger charge is -2.32. The molecule has 2 heteroatoms. The standard InChI is InChI=1S/C18H35NO/c1-4-11-19-18-7-5-6-16(18)10-12-20-17-9-8-14(2)15(3)13-17/h14-19H,4-13H2,1-3H3. The summed E-state index contributed by atoms with van der Waals surface area (Å²) in [7, 11) is 0. The van der Waals surface area contributed by atoms with Gasteiger partial charge in [-0.05, 0) is 69.2 Å². The van der Waals surface area contributed by atoms with Crippen molar-refractivity contribution >= 4 is 0 Å². The van der Waals surface area contributed by atoms with Crippen LogP contribution in [0.5, 0.6) is 0 Å². The van der Waals surface area contributed by atoms with E-state index < -0.39 is 0 Å². The van der Waals surface area contributed by atoms with Gasteiger partial charge in [0.1, 0.15) is 0 Å². The summed E-state index contributed by atoms with van der Waals surface area (Å²) >= 11 is 0. The Balaban J connectivity index is 1.62. The maximum atomic E-state index is 6.19. The average Bonchev–Trinajstić information content (AvgIpc) is 2.88. The summed E-state index contributed by atoms with van der Waals surface area (Å²) < 4.78 is 6.19. The van der Waals surface area contributed by atoms with Gasteiger partial charge in [-0.1, -0.05) is 27.2 Å². The van der Waals surface area contributed by atoms with E-state index in [1.807, 2.05) is 0 Å². The number of ether oxygens (including phenoxy) is 1. The van der Waals surface area contributed by atoms with Crippen LogP contribution < -0.4 is 5.32 Å². The molecule has 0 radical (unpaired) electrons. The lowest BCUT2D eigenvalue weighted by Crippen LogP contribution is -2.34. The highest BCUT2D eigenvalue weighted by Crippen LogP contribution is 2.32. The Labute approximate surface area is 126 Å². The van der Waals surface area contributed by atoms with E-state index in [4.69, 9.17) is 4.74 Å². The van der Waals surface area contributed by atoms with Gasteiger partial charge in [0.05, 0.1) is 6.10 Å². The third kappa shape index (κ3) is 4.73. The Kier molecular flexibility index (Phi) is 6.83. The maximum absolute atomic E-state index is 6.19. The van der Waals surface area contributed by atoms with E-state index in [2.05, 4.69) is 26.1 Å². The van der Waals surface area contributed by atoms with Gasteiger partial charge < -0.3 is 10.1 Å². The number of nitrogens with one attached hydrogen (secondary N) is 1. The molecule has 0 aromatic carbocycles. The van der Waals surface area contributed by atoms with Gasteiger partial charge in [0.2, 0.25) is 0 Å². The second kappa shape index (κ2) is 8.38. The molecule has 0 amide bonds. The van der Waals surface area contributed by atoms with E-state index >= 15 is 0 Å². The summed E-state index contributed by atoms with van der Waals surface area (Å²) in [6, 6.07) is 0.767. The molecule has 2 aliphatic carbocycles. The topological polar surface area (TPSA) is 21.3 Å². The molecule has 0 aliphatic heterocycles. The Morgan fingerprint density at radius 2 is 1.90 bits per heavy atom. The quantitative estimate of drug-likeness (QED) is 0.747. The Morgan fingerprint density at radius 3 is 2.65 bits per heavy atom. The summed E-state index contributed by atoms with van der Waals surface area (Å²) in [5.41, 5.74) is 0. The first-order valence-corrected chi connectivity index (χ1v) is 9.05. The normalized spacial score (nSPS) is 38.2. The highest BCUT2D eigenvalue weighted by Gasteiger charge is 2.28. The lowest BCUT2D eigenvalue weighted by atomic mass is 9.80. The van der Waals surface area contributed by atoms with Gasteiger partial charge in [-0.25, -0.2) is 0 Å². The monoisotopic (exact) mass is 281 g/mol. The lowest BCUT2D eigenvalue weighted by molar-refractivity contribution is -0.00365. The number of rotatable bonds is 7. The minimum absolute atomic E-state index is 0.546. The van der Waals surface area contributed by atoms with Crippen molar-refractivity contribution < 1.29 is 4.74 Å². The van der Waals surface area contributed by atoms with Crippen molar-refractivity contribution in [2.75, 3.05) is 13.2 Å². The fourth-order valence-corrected chi connectivity index (χ4v) is 4.02. The third-order valence-corrected chi connectivity index (χ3v) is 5.71. The van der Waals surface area contributed by atoms with E-state index in [0.29, 0.717) is 6.10 Å². The van der Waals surface area contributed by atoms with Crippen LogP contribution in [0, 0.1) is 17.8 Å².